The Bertz CT molecular complexity index is 816. The van der Waals surface area contributed by atoms with Crippen LogP contribution in [0.4, 0.5) is 0 Å². The second-order valence-corrected chi connectivity index (χ2v) is 6.29. The van der Waals surface area contributed by atoms with Gasteiger partial charge in [-0.2, -0.15) is 0 Å². The Morgan fingerprint density at radius 2 is 1.86 bits per heavy atom. The molecule has 2 rings (SSSR count). The number of carboxylic acid groups (broad SMARTS) is 1. The average Bonchev–Trinajstić information content (AvgIpc) is 2.81. The monoisotopic (exact) mass is 312 g/mol. The lowest BCUT2D eigenvalue weighted by molar-refractivity contribution is 0.0690. The third kappa shape index (κ3) is 3.03. The van der Waals surface area contributed by atoms with Gasteiger partial charge in [0.1, 0.15) is 5.69 Å². The molecule has 0 fully saturated rings. The predicted molar refractivity (Wildman–Crippen MR) is 72.5 cm³/mol. The van der Waals surface area contributed by atoms with Crippen molar-refractivity contribution in [2.45, 2.75) is 4.90 Å². The standard InChI is InChI=1S/C12H12N2O6S/c15-5-6-21(19,20)9-3-1-8(2-4-9)14-11(16)7-10(13-14)12(17)18/h1-4,7,13,15H,5-6H2,(H,17,18). The molecule has 0 aliphatic rings. The van der Waals surface area contributed by atoms with Crippen LogP contribution in [0.2, 0.25) is 0 Å². The van der Waals surface area contributed by atoms with Gasteiger partial charge in [0.25, 0.3) is 5.56 Å². The average molecular weight is 312 g/mol. The summed E-state index contributed by atoms with van der Waals surface area (Å²) >= 11 is 0. The summed E-state index contributed by atoms with van der Waals surface area (Å²) in [5.74, 6) is -1.66. The van der Waals surface area contributed by atoms with Crippen molar-refractivity contribution in [2.24, 2.45) is 0 Å². The van der Waals surface area contributed by atoms with Gasteiger partial charge in [-0.05, 0) is 24.3 Å². The molecule has 9 heteroatoms. The number of aromatic amines is 1. The summed E-state index contributed by atoms with van der Waals surface area (Å²) in [6, 6.07) is 6.24. The Morgan fingerprint density at radius 1 is 1.24 bits per heavy atom. The number of aliphatic hydroxyl groups is 1. The number of nitrogens with zero attached hydrogens (tertiary/aromatic N) is 1. The van der Waals surface area contributed by atoms with Gasteiger partial charge in [0, 0.05) is 6.07 Å². The Morgan fingerprint density at radius 3 is 2.33 bits per heavy atom. The van der Waals surface area contributed by atoms with Crippen LogP contribution in [0.15, 0.2) is 40.0 Å². The summed E-state index contributed by atoms with van der Waals surface area (Å²) < 4.78 is 24.4. The van der Waals surface area contributed by atoms with Gasteiger partial charge in [-0.25, -0.2) is 17.9 Å². The van der Waals surface area contributed by atoms with E-state index in [2.05, 4.69) is 5.10 Å². The molecule has 0 aliphatic carbocycles. The Kier molecular flexibility index (Phi) is 3.96. The van der Waals surface area contributed by atoms with Crippen molar-refractivity contribution in [2.75, 3.05) is 12.4 Å². The number of nitrogens with one attached hydrogen (secondary N) is 1. The van der Waals surface area contributed by atoms with Crippen molar-refractivity contribution in [3.63, 3.8) is 0 Å². The summed E-state index contributed by atoms with van der Waals surface area (Å²) in [5.41, 5.74) is -0.536. The maximum absolute atomic E-state index is 11.7. The Balaban J connectivity index is 2.40. The number of H-pyrrole nitrogens is 1. The number of benzene rings is 1. The molecule has 0 saturated heterocycles. The number of aromatic carboxylic acids is 1. The predicted octanol–water partition coefficient (Wildman–Crippen LogP) is -0.370. The van der Waals surface area contributed by atoms with E-state index in [1.54, 1.807) is 0 Å². The summed E-state index contributed by atoms with van der Waals surface area (Å²) in [6.45, 7) is -0.484. The largest absolute Gasteiger partial charge is 0.477 e. The van der Waals surface area contributed by atoms with Gasteiger partial charge in [0.05, 0.1) is 22.9 Å². The number of aromatic nitrogens is 2. The van der Waals surface area contributed by atoms with E-state index in [0.717, 1.165) is 10.7 Å². The highest BCUT2D eigenvalue weighted by atomic mass is 32.2. The molecule has 2 aromatic rings. The number of hydrogen-bond donors (Lipinski definition) is 3. The minimum absolute atomic E-state index is 0.0124. The van der Waals surface area contributed by atoms with Crippen LogP contribution in [0.3, 0.4) is 0 Å². The summed E-state index contributed by atoms with van der Waals surface area (Å²) in [4.78, 5) is 22.4. The van der Waals surface area contributed by atoms with Gasteiger partial charge < -0.3 is 10.2 Å². The zero-order chi connectivity index (χ0) is 15.6. The van der Waals surface area contributed by atoms with Gasteiger partial charge >= 0.3 is 5.97 Å². The molecule has 0 saturated carbocycles. The number of carboxylic acids is 1. The van der Waals surface area contributed by atoms with E-state index in [4.69, 9.17) is 10.2 Å². The third-order valence-electron chi connectivity index (χ3n) is 2.76. The van der Waals surface area contributed by atoms with E-state index in [1.165, 1.54) is 24.3 Å². The van der Waals surface area contributed by atoms with Crippen LogP contribution in [-0.2, 0) is 9.84 Å². The molecule has 0 atom stereocenters. The molecule has 0 amide bonds. The van der Waals surface area contributed by atoms with Crippen LogP contribution in [0.25, 0.3) is 5.69 Å². The fourth-order valence-electron chi connectivity index (χ4n) is 1.74. The first kappa shape index (κ1) is 15.0. The van der Waals surface area contributed by atoms with Crippen molar-refractivity contribution >= 4 is 15.8 Å². The molecule has 3 N–H and O–H groups in total. The van der Waals surface area contributed by atoms with Crippen LogP contribution >= 0.6 is 0 Å². The SMILES string of the molecule is O=C(O)c1cc(=O)n(-c2ccc(S(=O)(=O)CCO)cc2)[nH]1. The maximum Gasteiger partial charge on any atom is 0.353 e. The summed E-state index contributed by atoms with van der Waals surface area (Å²) in [7, 11) is -3.57. The highest BCUT2D eigenvalue weighted by Crippen LogP contribution is 2.14. The van der Waals surface area contributed by atoms with E-state index in [1.807, 2.05) is 0 Å². The van der Waals surface area contributed by atoms with Gasteiger partial charge in [-0.3, -0.25) is 9.89 Å². The number of hydrogen-bond acceptors (Lipinski definition) is 5. The second kappa shape index (κ2) is 5.54. The van der Waals surface area contributed by atoms with Crippen LogP contribution in [0, 0.1) is 0 Å². The second-order valence-electron chi connectivity index (χ2n) is 4.18. The van der Waals surface area contributed by atoms with E-state index >= 15 is 0 Å². The Hall–Kier alpha value is -2.39. The maximum atomic E-state index is 11.7. The van der Waals surface area contributed by atoms with Crippen molar-refractivity contribution in [1.29, 1.82) is 0 Å². The van der Waals surface area contributed by atoms with Crippen LogP contribution in [0.1, 0.15) is 10.5 Å². The van der Waals surface area contributed by atoms with E-state index in [-0.39, 0.29) is 10.6 Å². The molecule has 0 bridgehead atoms. The number of sulfone groups is 1. The van der Waals surface area contributed by atoms with Crippen molar-refractivity contribution < 1.29 is 23.4 Å². The molecule has 0 aliphatic heterocycles. The highest BCUT2D eigenvalue weighted by Gasteiger charge is 2.15. The van der Waals surface area contributed by atoms with Crippen molar-refractivity contribution in [3.05, 3.63) is 46.4 Å². The minimum atomic E-state index is -3.57. The molecular formula is C12H12N2O6S. The lowest BCUT2D eigenvalue weighted by atomic mass is 10.3. The normalized spacial score (nSPS) is 11.5. The quantitative estimate of drug-likeness (QED) is 0.690. The zero-order valence-electron chi connectivity index (χ0n) is 10.7. The number of carbonyl (C=O) groups is 1. The number of aliphatic hydroxyl groups excluding tert-OH is 1. The molecular weight excluding hydrogens is 300 g/mol. The molecule has 0 radical (unpaired) electrons. The lowest BCUT2D eigenvalue weighted by Crippen LogP contribution is -2.14. The highest BCUT2D eigenvalue weighted by molar-refractivity contribution is 7.91. The van der Waals surface area contributed by atoms with E-state index in [0.29, 0.717) is 5.69 Å². The number of rotatable bonds is 5. The van der Waals surface area contributed by atoms with Gasteiger partial charge in [0.2, 0.25) is 0 Å². The summed E-state index contributed by atoms with van der Waals surface area (Å²) in [6.07, 6.45) is 0. The fourth-order valence-corrected chi connectivity index (χ4v) is 2.76. The Labute approximate surface area is 119 Å². The molecule has 112 valence electrons. The first-order valence-corrected chi connectivity index (χ1v) is 7.50. The zero-order valence-corrected chi connectivity index (χ0v) is 11.5. The van der Waals surface area contributed by atoms with Crippen LogP contribution < -0.4 is 5.56 Å². The van der Waals surface area contributed by atoms with Gasteiger partial charge in [-0.15, -0.1) is 0 Å². The first-order chi connectivity index (χ1) is 9.85. The molecule has 1 heterocycles. The lowest BCUT2D eigenvalue weighted by Gasteiger charge is -2.05. The van der Waals surface area contributed by atoms with E-state index in [9.17, 15) is 18.0 Å². The van der Waals surface area contributed by atoms with Crippen LogP contribution in [-0.4, -0.2) is 46.7 Å². The van der Waals surface area contributed by atoms with E-state index < -0.39 is 33.7 Å². The summed E-state index contributed by atoms with van der Waals surface area (Å²) in [5, 5.41) is 19.9. The molecule has 0 spiro atoms. The molecule has 21 heavy (non-hydrogen) atoms. The third-order valence-corrected chi connectivity index (χ3v) is 4.48. The molecule has 8 nitrogen and oxygen atoms in total. The minimum Gasteiger partial charge on any atom is -0.477 e. The van der Waals surface area contributed by atoms with Crippen molar-refractivity contribution in [1.82, 2.24) is 9.78 Å². The molecule has 1 aromatic heterocycles. The molecule has 1 aromatic carbocycles. The smallest absolute Gasteiger partial charge is 0.353 e. The van der Waals surface area contributed by atoms with Crippen molar-refractivity contribution in [3.8, 4) is 5.69 Å². The van der Waals surface area contributed by atoms with Gasteiger partial charge in [0.15, 0.2) is 9.84 Å². The molecule has 0 unspecified atom stereocenters. The fraction of sp³-hybridized carbons (Fsp3) is 0.167. The topological polar surface area (TPSA) is 129 Å². The van der Waals surface area contributed by atoms with Gasteiger partial charge in [-0.1, -0.05) is 0 Å². The van der Waals surface area contributed by atoms with Crippen LogP contribution in [0.5, 0.6) is 0 Å². The first-order valence-electron chi connectivity index (χ1n) is 5.84.